The van der Waals surface area contributed by atoms with Crippen LogP contribution in [0.15, 0.2) is 18.2 Å². The average Bonchev–Trinajstić information content (AvgIpc) is 2.03. The number of hydrogen-bond acceptors (Lipinski definition) is 2. The molecule has 1 atom stereocenters. The van der Waals surface area contributed by atoms with Gasteiger partial charge >= 0.3 is 5.97 Å². The van der Waals surface area contributed by atoms with Crippen molar-refractivity contribution in [3.05, 3.63) is 35.4 Å². The topological polar surface area (TPSA) is 63.3 Å². The van der Waals surface area contributed by atoms with E-state index in [1.54, 1.807) is 0 Å². The molecule has 0 unspecified atom stereocenters. The summed E-state index contributed by atoms with van der Waals surface area (Å²) in [5, 5.41) is 8.43. The summed E-state index contributed by atoms with van der Waals surface area (Å²) in [5.74, 6) is -3.37. The van der Waals surface area contributed by atoms with E-state index in [-0.39, 0.29) is 12.4 Å². The highest BCUT2D eigenvalue weighted by Gasteiger charge is 2.21. The molecule has 0 saturated carbocycles. The van der Waals surface area contributed by atoms with Crippen LogP contribution in [0.5, 0.6) is 0 Å². The van der Waals surface area contributed by atoms with Crippen molar-refractivity contribution in [3.8, 4) is 0 Å². The fourth-order valence-electron chi connectivity index (χ4n) is 0.931. The van der Waals surface area contributed by atoms with Crippen molar-refractivity contribution >= 4 is 18.4 Å². The van der Waals surface area contributed by atoms with E-state index in [2.05, 4.69) is 0 Å². The molecule has 3 nitrogen and oxygen atoms in total. The fraction of sp³-hybridized carbons (Fsp3) is 0.125. The number of rotatable bonds is 2. The first kappa shape index (κ1) is 12.8. The largest absolute Gasteiger partial charge is 0.480 e. The van der Waals surface area contributed by atoms with Gasteiger partial charge in [0.05, 0.1) is 5.56 Å². The van der Waals surface area contributed by atoms with Gasteiger partial charge in [-0.3, -0.25) is 4.79 Å². The molecule has 0 fully saturated rings. The number of hydrogen-bond donors (Lipinski definition) is 2. The lowest BCUT2D eigenvalue weighted by molar-refractivity contribution is -0.138. The third-order valence-corrected chi connectivity index (χ3v) is 1.58. The van der Waals surface area contributed by atoms with E-state index < -0.39 is 29.2 Å². The molecule has 0 aliphatic rings. The quantitative estimate of drug-likeness (QED) is 0.798. The summed E-state index contributed by atoms with van der Waals surface area (Å²) in [7, 11) is 0. The third kappa shape index (κ3) is 2.40. The molecule has 0 amide bonds. The first-order chi connectivity index (χ1) is 6.04. The Bertz CT molecular complexity index is 326. The van der Waals surface area contributed by atoms with Gasteiger partial charge < -0.3 is 10.8 Å². The molecule has 0 aliphatic carbocycles. The zero-order valence-electron chi connectivity index (χ0n) is 6.91. The maximum absolute atomic E-state index is 12.9. The van der Waals surface area contributed by atoms with Gasteiger partial charge in [-0.25, -0.2) is 8.78 Å². The van der Waals surface area contributed by atoms with Gasteiger partial charge in [0.2, 0.25) is 0 Å². The van der Waals surface area contributed by atoms with Crippen LogP contribution >= 0.6 is 12.4 Å². The average molecular weight is 224 g/mol. The summed E-state index contributed by atoms with van der Waals surface area (Å²) >= 11 is 0. The van der Waals surface area contributed by atoms with Gasteiger partial charge in [0.1, 0.15) is 17.7 Å². The predicted molar refractivity (Wildman–Crippen MR) is 48.2 cm³/mol. The summed E-state index contributed by atoms with van der Waals surface area (Å²) in [6.07, 6.45) is 0. The first-order valence-corrected chi connectivity index (χ1v) is 3.46. The van der Waals surface area contributed by atoms with Crippen LogP contribution in [0.3, 0.4) is 0 Å². The molecule has 1 aromatic carbocycles. The lowest BCUT2D eigenvalue weighted by atomic mass is 10.1. The fourth-order valence-corrected chi connectivity index (χ4v) is 0.931. The number of carboxylic acids is 1. The Morgan fingerprint density at radius 1 is 1.36 bits per heavy atom. The minimum Gasteiger partial charge on any atom is -0.480 e. The van der Waals surface area contributed by atoms with E-state index in [9.17, 15) is 13.6 Å². The van der Waals surface area contributed by atoms with E-state index in [0.29, 0.717) is 0 Å². The molecule has 78 valence electrons. The normalized spacial score (nSPS) is 11.6. The molecule has 0 bridgehead atoms. The van der Waals surface area contributed by atoms with Crippen molar-refractivity contribution in [2.75, 3.05) is 0 Å². The van der Waals surface area contributed by atoms with Crippen molar-refractivity contribution < 1.29 is 18.7 Å². The Kier molecular flexibility index (Phi) is 4.46. The highest BCUT2D eigenvalue weighted by molar-refractivity contribution is 5.85. The van der Waals surface area contributed by atoms with Gasteiger partial charge in [0, 0.05) is 0 Å². The second-order valence-corrected chi connectivity index (χ2v) is 2.45. The van der Waals surface area contributed by atoms with Gasteiger partial charge in [0.15, 0.2) is 0 Å². The highest BCUT2D eigenvalue weighted by Crippen LogP contribution is 2.18. The Balaban J connectivity index is 0.00000169. The van der Waals surface area contributed by atoms with Crippen molar-refractivity contribution in [2.24, 2.45) is 5.73 Å². The molecule has 0 radical (unpaired) electrons. The van der Waals surface area contributed by atoms with Crippen LogP contribution in [0.2, 0.25) is 0 Å². The number of benzene rings is 1. The van der Waals surface area contributed by atoms with Crippen LogP contribution in [-0.4, -0.2) is 11.1 Å². The molecule has 1 rings (SSSR count). The Hall–Kier alpha value is -1.20. The molecular formula is C8H8ClF2NO2. The van der Waals surface area contributed by atoms with E-state index in [1.807, 2.05) is 0 Å². The Labute approximate surface area is 84.9 Å². The molecule has 0 aromatic heterocycles. The van der Waals surface area contributed by atoms with Crippen LogP contribution in [-0.2, 0) is 4.79 Å². The molecule has 6 heteroatoms. The van der Waals surface area contributed by atoms with E-state index in [0.717, 1.165) is 18.2 Å². The van der Waals surface area contributed by atoms with Gasteiger partial charge in [0.25, 0.3) is 0 Å². The maximum atomic E-state index is 12.9. The van der Waals surface area contributed by atoms with Crippen LogP contribution in [0, 0.1) is 11.6 Å². The SMILES string of the molecule is Cl.N[C@@H](C(=O)O)c1c(F)cccc1F. The Morgan fingerprint density at radius 3 is 2.14 bits per heavy atom. The summed E-state index contributed by atoms with van der Waals surface area (Å²) in [6, 6.07) is 1.40. The van der Waals surface area contributed by atoms with Gasteiger partial charge in [-0.2, -0.15) is 0 Å². The molecule has 0 aliphatic heterocycles. The smallest absolute Gasteiger partial charge is 0.325 e. The van der Waals surface area contributed by atoms with Crippen LogP contribution in [0.25, 0.3) is 0 Å². The second-order valence-electron chi connectivity index (χ2n) is 2.45. The molecule has 3 N–H and O–H groups in total. The van der Waals surface area contributed by atoms with Gasteiger partial charge in [-0.05, 0) is 12.1 Å². The van der Waals surface area contributed by atoms with Crippen molar-refractivity contribution in [2.45, 2.75) is 6.04 Å². The van der Waals surface area contributed by atoms with E-state index >= 15 is 0 Å². The number of aliphatic carboxylic acids is 1. The number of nitrogens with two attached hydrogens (primary N) is 1. The van der Waals surface area contributed by atoms with Crippen LogP contribution in [0.1, 0.15) is 11.6 Å². The lowest BCUT2D eigenvalue weighted by Crippen LogP contribution is -2.23. The predicted octanol–water partition coefficient (Wildman–Crippen LogP) is 1.47. The Morgan fingerprint density at radius 2 is 1.79 bits per heavy atom. The minimum absolute atomic E-state index is 0. The van der Waals surface area contributed by atoms with E-state index in [4.69, 9.17) is 10.8 Å². The molecule has 14 heavy (non-hydrogen) atoms. The molecule has 0 heterocycles. The van der Waals surface area contributed by atoms with Crippen LogP contribution in [0.4, 0.5) is 8.78 Å². The number of carbonyl (C=O) groups is 1. The first-order valence-electron chi connectivity index (χ1n) is 3.46. The van der Waals surface area contributed by atoms with Crippen molar-refractivity contribution in [1.29, 1.82) is 0 Å². The van der Waals surface area contributed by atoms with Gasteiger partial charge in [-0.15, -0.1) is 12.4 Å². The molecule has 0 spiro atoms. The third-order valence-electron chi connectivity index (χ3n) is 1.58. The monoisotopic (exact) mass is 223 g/mol. The van der Waals surface area contributed by atoms with Gasteiger partial charge in [-0.1, -0.05) is 6.07 Å². The lowest BCUT2D eigenvalue weighted by Gasteiger charge is -2.08. The van der Waals surface area contributed by atoms with Crippen molar-refractivity contribution in [1.82, 2.24) is 0 Å². The zero-order valence-corrected chi connectivity index (χ0v) is 7.72. The molecular weight excluding hydrogens is 216 g/mol. The summed E-state index contributed by atoms with van der Waals surface area (Å²) in [6.45, 7) is 0. The van der Waals surface area contributed by atoms with E-state index in [1.165, 1.54) is 0 Å². The summed E-state index contributed by atoms with van der Waals surface area (Å²) in [4.78, 5) is 10.3. The number of carboxylic acid groups (broad SMARTS) is 1. The van der Waals surface area contributed by atoms with Crippen LogP contribution < -0.4 is 5.73 Å². The summed E-state index contributed by atoms with van der Waals surface area (Å²) < 4.78 is 25.8. The zero-order chi connectivity index (χ0) is 10.0. The number of halogens is 3. The minimum atomic E-state index is -1.67. The maximum Gasteiger partial charge on any atom is 0.325 e. The molecule has 1 aromatic rings. The summed E-state index contributed by atoms with van der Waals surface area (Å²) in [5.41, 5.74) is 4.44. The van der Waals surface area contributed by atoms with Crippen molar-refractivity contribution in [3.63, 3.8) is 0 Å². The second kappa shape index (κ2) is 4.88. The molecule has 0 saturated heterocycles. The highest BCUT2D eigenvalue weighted by atomic mass is 35.5. The standard InChI is InChI=1S/C8H7F2NO2.ClH/c9-4-2-1-3-5(10)6(4)7(11)8(12)13;/h1-3,7H,11H2,(H,12,13);1H/t7-;/m1./s1.